The summed E-state index contributed by atoms with van der Waals surface area (Å²) >= 11 is 0. The van der Waals surface area contributed by atoms with Gasteiger partial charge in [-0.25, -0.2) is 0 Å². The number of hydrogen-bond acceptors (Lipinski definition) is 1. The summed E-state index contributed by atoms with van der Waals surface area (Å²) in [4.78, 5) is 0. The molecule has 15 heavy (non-hydrogen) atoms. The second-order valence-electron chi connectivity index (χ2n) is 5.24. The topological polar surface area (TPSA) is 12.0 Å². The maximum atomic E-state index is 3.50. The van der Waals surface area contributed by atoms with Crippen LogP contribution in [0.4, 0.5) is 0 Å². The van der Waals surface area contributed by atoms with Gasteiger partial charge in [-0.3, -0.25) is 0 Å². The zero-order valence-corrected chi connectivity index (χ0v) is 10.9. The number of rotatable bonds is 7. The second-order valence-corrected chi connectivity index (χ2v) is 5.24. The standard InChI is InChI=1S/C14H29N/c1-4-6-8-12(5-2)11-13-9-7-10-14(13)15-3/h12-15H,4-11H2,1-3H3. The van der Waals surface area contributed by atoms with Gasteiger partial charge in [-0.05, 0) is 38.1 Å². The van der Waals surface area contributed by atoms with Crippen LogP contribution in [0.1, 0.15) is 65.2 Å². The molecule has 3 atom stereocenters. The molecule has 0 aromatic carbocycles. The molecular formula is C14H29N. The van der Waals surface area contributed by atoms with Gasteiger partial charge in [0.05, 0.1) is 0 Å². The Hall–Kier alpha value is -0.0400. The molecule has 1 heteroatoms. The molecule has 90 valence electrons. The van der Waals surface area contributed by atoms with Gasteiger partial charge in [0.2, 0.25) is 0 Å². The van der Waals surface area contributed by atoms with E-state index < -0.39 is 0 Å². The predicted octanol–water partition coefficient (Wildman–Crippen LogP) is 3.98. The lowest BCUT2D eigenvalue weighted by Gasteiger charge is -2.24. The van der Waals surface area contributed by atoms with Crippen LogP contribution in [0.5, 0.6) is 0 Å². The van der Waals surface area contributed by atoms with Gasteiger partial charge in [0.1, 0.15) is 0 Å². The Morgan fingerprint density at radius 1 is 1.27 bits per heavy atom. The van der Waals surface area contributed by atoms with Gasteiger partial charge in [0.25, 0.3) is 0 Å². The van der Waals surface area contributed by atoms with Crippen molar-refractivity contribution in [2.45, 2.75) is 71.3 Å². The zero-order valence-electron chi connectivity index (χ0n) is 10.9. The molecule has 0 saturated heterocycles. The minimum atomic E-state index is 0.820. The molecule has 1 saturated carbocycles. The van der Waals surface area contributed by atoms with Crippen LogP contribution in [0.3, 0.4) is 0 Å². The van der Waals surface area contributed by atoms with Crippen LogP contribution >= 0.6 is 0 Å². The highest BCUT2D eigenvalue weighted by molar-refractivity contribution is 4.83. The van der Waals surface area contributed by atoms with Gasteiger partial charge in [-0.2, -0.15) is 0 Å². The van der Waals surface area contributed by atoms with E-state index in [9.17, 15) is 0 Å². The summed E-state index contributed by atoms with van der Waals surface area (Å²) in [5.74, 6) is 1.96. The summed E-state index contributed by atoms with van der Waals surface area (Å²) in [7, 11) is 2.13. The SMILES string of the molecule is CCCCC(CC)CC1CCCC1NC. The highest BCUT2D eigenvalue weighted by Crippen LogP contribution is 2.33. The van der Waals surface area contributed by atoms with Gasteiger partial charge in [0.15, 0.2) is 0 Å². The minimum absolute atomic E-state index is 0.820. The average molecular weight is 211 g/mol. The molecule has 1 aliphatic carbocycles. The first kappa shape index (κ1) is 13.0. The lowest BCUT2D eigenvalue weighted by Crippen LogP contribution is -2.30. The highest BCUT2D eigenvalue weighted by atomic mass is 14.9. The van der Waals surface area contributed by atoms with E-state index in [4.69, 9.17) is 0 Å². The van der Waals surface area contributed by atoms with Gasteiger partial charge in [-0.15, -0.1) is 0 Å². The molecule has 0 radical (unpaired) electrons. The van der Waals surface area contributed by atoms with Crippen molar-refractivity contribution in [1.29, 1.82) is 0 Å². The van der Waals surface area contributed by atoms with Crippen molar-refractivity contribution in [3.63, 3.8) is 0 Å². The Balaban J connectivity index is 2.29. The van der Waals surface area contributed by atoms with E-state index in [1.54, 1.807) is 0 Å². The normalized spacial score (nSPS) is 28.2. The first-order valence-electron chi connectivity index (χ1n) is 6.99. The molecule has 0 aliphatic heterocycles. The zero-order chi connectivity index (χ0) is 11.1. The first-order valence-corrected chi connectivity index (χ1v) is 6.99. The van der Waals surface area contributed by atoms with Crippen LogP contribution in [0.15, 0.2) is 0 Å². The van der Waals surface area contributed by atoms with E-state index in [0.717, 1.165) is 17.9 Å². The lowest BCUT2D eigenvalue weighted by atomic mass is 9.86. The predicted molar refractivity (Wildman–Crippen MR) is 68.1 cm³/mol. The molecule has 0 heterocycles. The van der Waals surface area contributed by atoms with E-state index >= 15 is 0 Å². The third-order valence-corrected chi connectivity index (χ3v) is 4.21. The van der Waals surface area contributed by atoms with Crippen LogP contribution in [0.2, 0.25) is 0 Å². The Morgan fingerprint density at radius 3 is 2.67 bits per heavy atom. The van der Waals surface area contributed by atoms with Crippen LogP contribution in [-0.4, -0.2) is 13.1 Å². The summed E-state index contributed by atoms with van der Waals surface area (Å²) in [5, 5.41) is 3.50. The summed E-state index contributed by atoms with van der Waals surface area (Å²) < 4.78 is 0. The van der Waals surface area contributed by atoms with Crippen LogP contribution < -0.4 is 5.32 Å². The fourth-order valence-corrected chi connectivity index (χ4v) is 3.11. The Labute approximate surface area is 96.0 Å². The Morgan fingerprint density at radius 2 is 2.07 bits per heavy atom. The highest BCUT2D eigenvalue weighted by Gasteiger charge is 2.27. The van der Waals surface area contributed by atoms with Crippen molar-refractivity contribution in [2.24, 2.45) is 11.8 Å². The molecule has 1 fully saturated rings. The molecule has 0 aromatic heterocycles. The minimum Gasteiger partial charge on any atom is -0.317 e. The van der Waals surface area contributed by atoms with E-state index in [1.165, 1.54) is 51.4 Å². The maximum absolute atomic E-state index is 3.50. The molecular weight excluding hydrogens is 182 g/mol. The maximum Gasteiger partial charge on any atom is 0.00924 e. The van der Waals surface area contributed by atoms with Gasteiger partial charge >= 0.3 is 0 Å². The van der Waals surface area contributed by atoms with Crippen molar-refractivity contribution in [3.05, 3.63) is 0 Å². The third kappa shape index (κ3) is 4.14. The molecule has 1 rings (SSSR count). The van der Waals surface area contributed by atoms with E-state index in [-0.39, 0.29) is 0 Å². The second kappa shape index (κ2) is 7.27. The van der Waals surface area contributed by atoms with Gasteiger partial charge in [-0.1, -0.05) is 46.0 Å². The van der Waals surface area contributed by atoms with Gasteiger partial charge in [0, 0.05) is 6.04 Å². The van der Waals surface area contributed by atoms with Crippen LogP contribution in [-0.2, 0) is 0 Å². The molecule has 0 amide bonds. The Bertz CT molecular complexity index is 155. The number of unbranched alkanes of at least 4 members (excludes halogenated alkanes) is 1. The summed E-state index contributed by atoms with van der Waals surface area (Å²) in [6.45, 7) is 4.67. The Kier molecular flexibility index (Phi) is 6.31. The van der Waals surface area contributed by atoms with Crippen LogP contribution in [0, 0.1) is 11.8 Å². The van der Waals surface area contributed by atoms with Gasteiger partial charge < -0.3 is 5.32 Å². The van der Waals surface area contributed by atoms with E-state index in [0.29, 0.717) is 0 Å². The third-order valence-electron chi connectivity index (χ3n) is 4.21. The van der Waals surface area contributed by atoms with Crippen molar-refractivity contribution < 1.29 is 0 Å². The smallest absolute Gasteiger partial charge is 0.00924 e. The molecule has 1 aliphatic rings. The number of nitrogens with one attached hydrogen (secondary N) is 1. The number of hydrogen-bond donors (Lipinski definition) is 1. The van der Waals surface area contributed by atoms with E-state index in [1.807, 2.05) is 0 Å². The first-order chi connectivity index (χ1) is 7.31. The van der Waals surface area contributed by atoms with Crippen molar-refractivity contribution in [3.8, 4) is 0 Å². The quantitative estimate of drug-likeness (QED) is 0.671. The van der Waals surface area contributed by atoms with Crippen molar-refractivity contribution in [1.82, 2.24) is 5.32 Å². The largest absolute Gasteiger partial charge is 0.317 e. The fourth-order valence-electron chi connectivity index (χ4n) is 3.11. The summed E-state index contributed by atoms with van der Waals surface area (Å²) in [5.41, 5.74) is 0. The van der Waals surface area contributed by atoms with E-state index in [2.05, 4.69) is 26.2 Å². The molecule has 3 unspecified atom stereocenters. The summed E-state index contributed by atoms with van der Waals surface area (Å²) in [6.07, 6.45) is 11.4. The fraction of sp³-hybridized carbons (Fsp3) is 1.00. The van der Waals surface area contributed by atoms with Crippen LogP contribution in [0.25, 0.3) is 0 Å². The monoisotopic (exact) mass is 211 g/mol. The molecule has 0 bridgehead atoms. The molecule has 1 N–H and O–H groups in total. The lowest BCUT2D eigenvalue weighted by molar-refractivity contribution is 0.304. The molecule has 0 aromatic rings. The van der Waals surface area contributed by atoms with Crippen molar-refractivity contribution >= 4 is 0 Å². The van der Waals surface area contributed by atoms with Crippen molar-refractivity contribution in [2.75, 3.05) is 7.05 Å². The summed E-state index contributed by atoms with van der Waals surface area (Å²) in [6, 6.07) is 0.820. The average Bonchev–Trinajstić information content (AvgIpc) is 2.71. The molecule has 1 nitrogen and oxygen atoms in total. The molecule has 0 spiro atoms.